The molecule has 128 valence electrons. The Hall–Kier alpha value is -2.01. The molecule has 1 aliphatic carbocycles. The largest absolute Gasteiger partial charge is 0.496 e. The van der Waals surface area contributed by atoms with Gasteiger partial charge in [-0.05, 0) is 25.8 Å². The van der Waals surface area contributed by atoms with Crippen molar-refractivity contribution in [1.29, 1.82) is 0 Å². The molecule has 2 heterocycles. The quantitative estimate of drug-likeness (QED) is 0.857. The van der Waals surface area contributed by atoms with Crippen molar-refractivity contribution in [3.05, 3.63) is 41.6 Å². The van der Waals surface area contributed by atoms with Crippen molar-refractivity contribution >= 4 is 5.82 Å². The molecule has 1 fully saturated rings. The van der Waals surface area contributed by atoms with E-state index in [9.17, 15) is 0 Å². The Morgan fingerprint density at radius 1 is 1.38 bits per heavy atom. The summed E-state index contributed by atoms with van der Waals surface area (Å²) in [5.41, 5.74) is 2.70. The lowest BCUT2D eigenvalue weighted by Crippen LogP contribution is -2.38. The van der Waals surface area contributed by atoms with Gasteiger partial charge in [-0.25, -0.2) is 4.68 Å². The van der Waals surface area contributed by atoms with Crippen molar-refractivity contribution in [2.75, 3.05) is 32.1 Å². The van der Waals surface area contributed by atoms with Crippen LogP contribution in [0.25, 0.3) is 0 Å². The van der Waals surface area contributed by atoms with Gasteiger partial charge < -0.3 is 15.4 Å². The SMILES string of the molecule is COc1ccccc1C1(CNCC2CNc3cc(C)nn3C2)CC1. The third-order valence-corrected chi connectivity index (χ3v) is 5.33. The normalized spacial score (nSPS) is 21.0. The van der Waals surface area contributed by atoms with Crippen LogP contribution in [0.5, 0.6) is 5.75 Å². The third kappa shape index (κ3) is 2.88. The minimum Gasteiger partial charge on any atom is -0.496 e. The van der Waals surface area contributed by atoms with Gasteiger partial charge >= 0.3 is 0 Å². The maximum absolute atomic E-state index is 5.56. The number of anilines is 1. The van der Waals surface area contributed by atoms with E-state index >= 15 is 0 Å². The number of fused-ring (bicyclic) bond motifs is 1. The molecular formula is C19H26N4O. The van der Waals surface area contributed by atoms with E-state index in [-0.39, 0.29) is 5.41 Å². The van der Waals surface area contributed by atoms with Gasteiger partial charge in [-0.3, -0.25) is 0 Å². The molecule has 0 radical (unpaired) electrons. The minimum absolute atomic E-state index is 0.266. The molecule has 2 N–H and O–H groups in total. The molecule has 24 heavy (non-hydrogen) atoms. The number of ether oxygens (including phenoxy) is 1. The second-order valence-corrected chi connectivity index (χ2v) is 7.21. The molecule has 0 amide bonds. The first kappa shape index (κ1) is 15.5. The fraction of sp³-hybridized carbons (Fsp3) is 0.526. The Labute approximate surface area is 143 Å². The highest BCUT2D eigenvalue weighted by molar-refractivity contribution is 5.43. The molecule has 1 unspecified atom stereocenters. The number of nitrogens with one attached hydrogen (secondary N) is 2. The molecule has 1 saturated carbocycles. The predicted octanol–water partition coefficient (Wildman–Crippen LogP) is 2.56. The zero-order valence-corrected chi connectivity index (χ0v) is 14.5. The van der Waals surface area contributed by atoms with Crippen molar-refractivity contribution in [1.82, 2.24) is 15.1 Å². The topological polar surface area (TPSA) is 51.1 Å². The van der Waals surface area contributed by atoms with Gasteiger partial charge in [0.15, 0.2) is 0 Å². The molecule has 5 heteroatoms. The van der Waals surface area contributed by atoms with Crippen molar-refractivity contribution in [2.45, 2.75) is 31.7 Å². The number of rotatable bonds is 6. The van der Waals surface area contributed by atoms with Gasteiger partial charge in [-0.2, -0.15) is 5.10 Å². The van der Waals surface area contributed by atoms with Crippen LogP contribution >= 0.6 is 0 Å². The molecule has 1 aromatic heterocycles. The van der Waals surface area contributed by atoms with Crippen molar-refractivity contribution in [3.63, 3.8) is 0 Å². The summed E-state index contributed by atoms with van der Waals surface area (Å²) in [6.45, 7) is 6.09. The van der Waals surface area contributed by atoms with E-state index in [1.165, 1.54) is 18.4 Å². The van der Waals surface area contributed by atoms with Gasteiger partial charge in [-0.1, -0.05) is 18.2 Å². The Morgan fingerprint density at radius 3 is 3.00 bits per heavy atom. The van der Waals surface area contributed by atoms with Crippen LogP contribution < -0.4 is 15.4 Å². The summed E-state index contributed by atoms with van der Waals surface area (Å²) in [4.78, 5) is 0. The summed E-state index contributed by atoms with van der Waals surface area (Å²) >= 11 is 0. The van der Waals surface area contributed by atoms with Crippen LogP contribution in [0, 0.1) is 12.8 Å². The fourth-order valence-electron chi connectivity index (χ4n) is 3.81. The first-order valence-electron chi connectivity index (χ1n) is 8.83. The van der Waals surface area contributed by atoms with Gasteiger partial charge in [0.2, 0.25) is 0 Å². The molecule has 1 aliphatic heterocycles. The van der Waals surface area contributed by atoms with E-state index in [2.05, 4.69) is 44.7 Å². The average Bonchev–Trinajstić information content (AvgIpc) is 3.29. The lowest BCUT2D eigenvalue weighted by molar-refractivity contribution is 0.377. The maximum atomic E-state index is 5.56. The van der Waals surface area contributed by atoms with E-state index in [0.717, 1.165) is 43.4 Å². The van der Waals surface area contributed by atoms with Crippen molar-refractivity contribution in [3.8, 4) is 5.75 Å². The maximum Gasteiger partial charge on any atom is 0.124 e. The monoisotopic (exact) mass is 326 g/mol. The smallest absolute Gasteiger partial charge is 0.124 e. The van der Waals surface area contributed by atoms with E-state index < -0.39 is 0 Å². The number of aryl methyl sites for hydroxylation is 1. The van der Waals surface area contributed by atoms with E-state index in [4.69, 9.17) is 4.74 Å². The number of benzene rings is 1. The lowest BCUT2D eigenvalue weighted by atomic mass is 9.94. The first-order valence-corrected chi connectivity index (χ1v) is 8.83. The third-order valence-electron chi connectivity index (χ3n) is 5.33. The second kappa shape index (κ2) is 6.13. The fourth-order valence-corrected chi connectivity index (χ4v) is 3.81. The summed E-state index contributed by atoms with van der Waals surface area (Å²) in [6.07, 6.45) is 2.48. The Balaban J connectivity index is 1.35. The van der Waals surface area contributed by atoms with Crippen LogP contribution in [-0.2, 0) is 12.0 Å². The summed E-state index contributed by atoms with van der Waals surface area (Å²) in [5, 5.41) is 11.7. The molecule has 4 rings (SSSR count). The summed E-state index contributed by atoms with van der Waals surface area (Å²) < 4.78 is 7.66. The first-order chi connectivity index (χ1) is 11.7. The zero-order valence-electron chi connectivity index (χ0n) is 14.5. The predicted molar refractivity (Wildman–Crippen MR) is 95.7 cm³/mol. The number of hydrogen-bond acceptors (Lipinski definition) is 4. The van der Waals surface area contributed by atoms with E-state index in [0.29, 0.717) is 5.92 Å². The highest BCUT2D eigenvalue weighted by Gasteiger charge is 2.45. The lowest BCUT2D eigenvalue weighted by Gasteiger charge is -2.26. The zero-order chi connectivity index (χ0) is 16.6. The number of aromatic nitrogens is 2. The molecule has 5 nitrogen and oxygen atoms in total. The van der Waals surface area contributed by atoms with Crippen LogP contribution in [0.15, 0.2) is 30.3 Å². The molecule has 0 spiro atoms. The van der Waals surface area contributed by atoms with Crippen LogP contribution in [0.4, 0.5) is 5.82 Å². The summed E-state index contributed by atoms with van der Waals surface area (Å²) in [6, 6.07) is 10.6. The molecular weight excluding hydrogens is 300 g/mol. The van der Waals surface area contributed by atoms with Crippen LogP contribution in [0.1, 0.15) is 24.1 Å². The summed E-state index contributed by atoms with van der Waals surface area (Å²) in [5.74, 6) is 2.74. The molecule has 1 atom stereocenters. The Morgan fingerprint density at radius 2 is 2.21 bits per heavy atom. The van der Waals surface area contributed by atoms with Gasteiger partial charge in [0.25, 0.3) is 0 Å². The minimum atomic E-state index is 0.266. The average molecular weight is 326 g/mol. The standard InChI is InChI=1S/C19H26N4O/c1-14-9-18-21-11-15(12-23(18)22-14)10-20-13-19(7-8-19)16-5-3-4-6-17(16)24-2/h3-6,9,15,20-21H,7-8,10-13H2,1-2H3. The van der Waals surface area contributed by atoms with E-state index in [1.807, 2.05) is 13.0 Å². The second-order valence-electron chi connectivity index (χ2n) is 7.21. The van der Waals surface area contributed by atoms with Gasteiger partial charge in [-0.15, -0.1) is 0 Å². The summed E-state index contributed by atoms with van der Waals surface area (Å²) in [7, 11) is 1.76. The van der Waals surface area contributed by atoms with Gasteiger partial charge in [0.1, 0.15) is 11.6 Å². The highest BCUT2D eigenvalue weighted by Crippen LogP contribution is 2.50. The Kier molecular flexibility index (Phi) is 3.96. The molecule has 2 aromatic rings. The number of nitrogens with zero attached hydrogens (tertiary/aromatic N) is 2. The number of para-hydroxylation sites is 1. The van der Waals surface area contributed by atoms with Crippen LogP contribution in [0.2, 0.25) is 0 Å². The molecule has 2 aliphatic rings. The Bertz CT molecular complexity index is 720. The van der Waals surface area contributed by atoms with Crippen molar-refractivity contribution in [2.24, 2.45) is 5.92 Å². The number of methoxy groups -OCH3 is 1. The van der Waals surface area contributed by atoms with Crippen LogP contribution in [0.3, 0.4) is 0 Å². The number of hydrogen-bond donors (Lipinski definition) is 2. The van der Waals surface area contributed by atoms with Gasteiger partial charge in [0, 0.05) is 49.1 Å². The van der Waals surface area contributed by atoms with Crippen molar-refractivity contribution < 1.29 is 4.74 Å². The molecule has 1 aromatic carbocycles. The highest BCUT2D eigenvalue weighted by atomic mass is 16.5. The van der Waals surface area contributed by atoms with Gasteiger partial charge in [0.05, 0.1) is 12.8 Å². The molecule has 0 saturated heterocycles. The molecule has 0 bridgehead atoms. The van der Waals surface area contributed by atoms with E-state index in [1.54, 1.807) is 7.11 Å². The van der Waals surface area contributed by atoms with Crippen LogP contribution in [-0.4, -0.2) is 36.5 Å².